The molecule has 0 radical (unpaired) electrons. The van der Waals surface area contributed by atoms with E-state index in [1.165, 1.54) is 0 Å². The molecule has 3 atom stereocenters. The molecule has 1 saturated carbocycles. The molecule has 2 aliphatic rings. The first kappa shape index (κ1) is 13.8. The van der Waals surface area contributed by atoms with Crippen LogP contribution in [-0.4, -0.2) is 36.2 Å². The Morgan fingerprint density at radius 1 is 1.39 bits per heavy atom. The summed E-state index contributed by atoms with van der Waals surface area (Å²) < 4.78 is 0. The molecule has 4 nitrogen and oxygen atoms in total. The summed E-state index contributed by atoms with van der Waals surface area (Å²) in [6.45, 7) is 5.91. The highest BCUT2D eigenvalue weighted by Crippen LogP contribution is 2.35. The molecule has 1 heterocycles. The van der Waals surface area contributed by atoms with E-state index < -0.39 is 0 Å². The molecule has 3 N–H and O–H groups in total. The van der Waals surface area contributed by atoms with E-state index in [1.54, 1.807) is 0 Å². The minimum absolute atomic E-state index is 0.0394. The van der Waals surface area contributed by atoms with Crippen LogP contribution < -0.4 is 10.6 Å². The molecular formula is C14H26N2O2. The molecule has 4 heteroatoms. The van der Waals surface area contributed by atoms with E-state index in [0.29, 0.717) is 5.92 Å². The van der Waals surface area contributed by atoms with Crippen molar-refractivity contribution in [3.8, 4) is 0 Å². The van der Waals surface area contributed by atoms with Crippen LogP contribution in [0.15, 0.2) is 0 Å². The number of aliphatic hydroxyl groups is 1. The predicted molar refractivity (Wildman–Crippen MR) is 71.2 cm³/mol. The van der Waals surface area contributed by atoms with Crippen LogP contribution in [0.25, 0.3) is 0 Å². The van der Waals surface area contributed by atoms with Crippen molar-refractivity contribution in [3.63, 3.8) is 0 Å². The molecule has 104 valence electrons. The number of hydrogen-bond acceptors (Lipinski definition) is 3. The normalized spacial score (nSPS) is 36.9. The second kappa shape index (κ2) is 5.57. The Labute approximate surface area is 110 Å². The summed E-state index contributed by atoms with van der Waals surface area (Å²) in [4.78, 5) is 12.6. The molecule has 2 rings (SSSR count). The topological polar surface area (TPSA) is 61.4 Å². The van der Waals surface area contributed by atoms with Gasteiger partial charge in [-0.25, -0.2) is 0 Å². The van der Waals surface area contributed by atoms with E-state index in [4.69, 9.17) is 0 Å². The van der Waals surface area contributed by atoms with Crippen molar-refractivity contribution in [2.45, 2.75) is 58.1 Å². The predicted octanol–water partition coefficient (Wildman–Crippen LogP) is 1.04. The van der Waals surface area contributed by atoms with Gasteiger partial charge in [-0.15, -0.1) is 0 Å². The number of amides is 1. The molecular weight excluding hydrogens is 228 g/mol. The monoisotopic (exact) mass is 254 g/mol. The number of hydrogen-bond donors (Lipinski definition) is 3. The fourth-order valence-electron chi connectivity index (χ4n) is 3.25. The average Bonchev–Trinajstić information content (AvgIpc) is 2.82. The molecule has 0 aromatic carbocycles. The van der Waals surface area contributed by atoms with E-state index in [-0.39, 0.29) is 23.5 Å². The highest BCUT2D eigenvalue weighted by Gasteiger charge is 2.44. The van der Waals surface area contributed by atoms with Gasteiger partial charge in [0, 0.05) is 6.54 Å². The lowest BCUT2D eigenvalue weighted by atomic mass is 9.75. The summed E-state index contributed by atoms with van der Waals surface area (Å²) in [6.07, 6.45) is 4.45. The zero-order valence-corrected chi connectivity index (χ0v) is 11.5. The van der Waals surface area contributed by atoms with Crippen LogP contribution in [0, 0.1) is 11.3 Å². The molecule has 1 saturated heterocycles. The van der Waals surface area contributed by atoms with Gasteiger partial charge in [0.2, 0.25) is 5.91 Å². The van der Waals surface area contributed by atoms with Gasteiger partial charge in [0.15, 0.2) is 0 Å². The lowest BCUT2D eigenvalue weighted by molar-refractivity contribution is -0.134. The number of carbonyl (C=O) groups is 1. The van der Waals surface area contributed by atoms with Gasteiger partial charge < -0.3 is 15.7 Å². The van der Waals surface area contributed by atoms with E-state index in [2.05, 4.69) is 24.5 Å². The number of carbonyl (C=O) groups excluding carboxylic acids is 1. The first-order chi connectivity index (χ1) is 8.56. The Morgan fingerprint density at radius 2 is 2.11 bits per heavy atom. The van der Waals surface area contributed by atoms with Crippen LogP contribution in [-0.2, 0) is 4.79 Å². The second-order valence-corrected chi connectivity index (χ2v) is 6.17. The first-order valence-corrected chi connectivity index (χ1v) is 7.26. The summed E-state index contributed by atoms with van der Waals surface area (Å²) in [5.74, 6) is 0.460. The van der Waals surface area contributed by atoms with Crippen molar-refractivity contribution < 1.29 is 9.90 Å². The Kier molecular flexibility index (Phi) is 4.28. The molecule has 1 amide bonds. The maximum absolute atomic E-state index is 12.6. The van der Waals surface area contributed by atoms with Gasteiger partial charge in [-0.05, 0) is 31.7 Å². The maximum atomic E-state index is 12.6. The molecule has 1 aliphatic carbocycles. The molecule has 1 unspecified atom stereocenters. The third kappa shape index (κ3) is 2.54. The highest BCUT2D eigenvalue weighted by atomic mass is 16.3. The van der Waals surface area contributed by atoms with Crippen molar-refractivity contribution in [2.75, 3.05) is 13.1 Å². The van der Waals surface area contributed by atoms with Crippen molar-refractivity contribution in [2.24, 2.45) is 11.3 Å². The molecule has 1 aliphatic heterocycles. The number of nitrogens with one attached hydrogen (secondary N) is 2. The highest BCUT2D eigenvalue weighted by molar-refractivity contribution is 5.84. The van der Waals surface area contributed by atoms with Crippen molar-refractivity contribution in [1.82, 2.24) is 10.6 Å². The van der Waals surface area contributed by atoms with E-state index in [0.717, 1.165) is 45.2 Å². The number of rotatable bonds is 3. The fraction of sp³-hybridized carbons (Fsp3) is 0.929. The largest absolute Gasteiger partial charge is 0.391 e. The fourth-order valence-corrected chi connectivity index (χ4v) is 3.25. The van der Waals surface area contributed by atoms with Crippen molar-refractivity contribution in [1.29, 1.82) is 0 Å². The van der Waals surface area contributed by atoms with E-state index in [9.17, 15) is 9.90 Å². The number of aliphatic hydroxyl groups excluding tert-OH is 1. The smallest absolute Gasteiger partial charge is 0.228 e. The quantitative estimate of drug-likeness (QED) is 0.705. The van der Waals surface area contributed by atoms with Crippen LogP contribution in [0.5, 0.6) is 0 Å². The van der Waals surface area contributed by atoms with Crippen molar-refractivity contribution >= 4 is 5.91 Å². The summed E-state index contributed by atoms with van der Waals surface area (Å²) in [5, 5.41) is 16.4. The Bertz CT molecular complexity index is 298. The molecule has 18 heavy (non-hydrogen) atoms. The summed E-state index contributed by atoms with van der Waals surface area (Å²) in [6, 6.07) is -0.0394. The minimum atomic E-state index is -0.360. The Balaban J connectivity index is 2.01. The maximum Gasteiger partial charge on any atom is 0.228 e. The summed E-state index contributed by atoms with van der Waals surface area (Å²) in [7, 11) is 0. The lowest BCUT2D eigenvalue weighted by Gasteiger charge is -2.35. The van der Waals surface area contributed by atoms with E-state index in [1.807, 2.05) is 0 Å². The van der Waals surface area contributed by atoms with E-state index >= 15 is 0 Å². The third-order valence-electron chi connectivity index (χ3n) is 4.79. The van der Waals surface area contributed by atoms with Gasteiger partial charge in [0.25, 0.3) is 0 Å². The lowest BCUT2D eigenvalue weighted by Crippen LogP contribution is -2.53. The van der Waals surface area contributed by atoms with Gasteiger partial charge in [-0.2, -0.15) is 0 Å². The zero-order chi connectivity index (χ0) is 13.2. The van der Waals surface area contributed by atoms with Gasteiger partial charge in [0.05, 0.1) is 17.6 Å². The van der Waals surface area contributed by atoms with Gasteiger partial charge in [0.1, 0.15) is 0 Å². The van der Waals surface area contributed by atoms with Gasteiger partial charge in [-0.1, -0.05) is 26.7 Å². The van der Waals surface area contributed by atoms with Crippen LogP contribution in [0.1, 0.15) is 46.0 Å². The molecule has 2 fully saturated rings. The Morgan fingerprint density at radius 3 is 2.67 bits per heavy atom. The van der Waals surface area contributed by atoms with Crippen LogP contribution in [0.3, 0.4) is 0 Å². The standard InChI is InChI=1S/C14H26N2O2/c1-10(2)14(7-8-15-9-14)13(18)16-11-5-3-4-6-12(11)17/h10-12,15,17H,3-9H2,1-2H3,(H,16,18)/t11-,12-,14?/m1/s1. The van der Waals surface area contributed by atoms with Gasteiger partial charge >= 0.3 is 0 Å². The van der Waals surface area contributed by atoms with Gasteiger partial charge in [-0.3, -0.25) is 4.79 Å². The third-order valence-corrected chi connectivity index (χ3v) is 4.79. The molecule has 0 aromatic heterocycles. The molecule has 0 aromatic rings. The molecule has 0 bridgehead atoms. The van der Waals surface area contributed by atoms with Crippen molar-refractivity contribution in [3.05, 3.63) is 0 Å². The average molecular weight is 254 g/mol. The summed E-state index contributed by atoms with van der Waals surface area (Å²) >= 11 is 0. The SMILES string of the molecule is CC(C)C1(C(=O)N[C@@H]2CCCC[C@H]2O)CCNC1. The summed E-state index contributed by atoms with van der Waals surface area (Å²) in [5.41, 5.74) is -0.281. The molecule has 0 spiro atoms. The second-order valence-electron chi connectivity index (χ2n) is 6.17. The first-order valence-electron chi connectivity index (χ1n) is 7.26. The van der Waals surface area contributed by atoms with Crippen LogP contribution in [0.2, 0.25) is 0 Å². The van der Waals surface area contributed by atoms with Crippen LogP contribution in [0.4, 0.5) is 0 Å². The Hall–Kier alpha value is -0.610. The minimum Gasteiger partial charge on any atom is -0.391 e. The van der Waals surface area contributed by atoms with Crippen LogP contribution >= 0.6 is 0 Å². The zero-order valence-electron chi connectivity index (χ0n) is 11.5.